The van der Waals surface area contributed by atoms with Crippen LogP contribution in [0.15, 0.2) is 48.9 Å². The van der Waals surface area contributed by atoms with E-state index in [1.165, 1.54) is 6.20 Å². The summed E-state index contributed by atoms with van der Waals surface area (Å²) in [5.41, 5.74) is 1.64. The van der Waals surface area contributed by atoms with Crippen molar-refractivity contribution in [2.24, 2.45) is 5.92 Å². The zero-order valence-corrected chi connectivity index (χ0v) is 19.1. The van der Waals surface area contributed by atoms with Gasteiger partial charge in [0.05, 0.1) is 12.6 Å². The van der Waals surface area contributed by atoms with E-state index in [2.05, 4.69) is 20.6 Å². The number of amides is 1. The molecule has 2 aromatic rings. The first-order chi connectivity index (χ1) is 15.8. The summed E-state index contributed by atoms with van der Waals surface area (Å²) in [6.07, 6.45) is 5.44. The molecule has 0 bridgehead atoms. The van der Waals surface area contributed by atoms with Crippen LogP contribution < -0.4 is 10.6 Å². The van der Waals surface area contributed by atoms with Crippen molar-refractivity contribution in [2.75, 3.05) is 25.5 Å². The molecule has 1 amide bonds. The fraction of sp³-hybridized carbons (Fsp3) is 0.417. The summed E-state index contributed by atoms with van der Waals surface area (Å²) < 4.78 is 29.0. The first-order valence-electron chi connectivity index (χ1n) is 11.0. The van der Waals surface area contributed by atoms with Gasteiger partial charge < -0.3 is 15.5 Å². The lowest BCUT2D eigenvalue weighted by atomic mass is 9.87. The molecule has 2 heterocycles. The Bertz CT molecular complexity index is 994. The number of benzene rings is 1. The number of aryl methyl sites for hydroxylation is 1. The van der Waals surface area contributed by atoms with E-state index in [1.54, 1.807) is 50.6 Å². The fourth-order valence-electron chi connectivity index (χ4n) is 4.02. The highest BCUT2D eigenvalue weighted by Gasteiger charge is 2.46. The lowest BCUT2D eigenvalue weighted by molar-refractivity contribution is -0.145. The molecule has 1 aliphatic rings. The Balaban J connectivity index is 1.84. The van der Waals surface area contributed by atoms with Gasteiger partial charge in [0.15, 0.2) is 0 Å². The summed E-state index contributed by atoms with van der Waals surface area (Å²) in [4.78, 5) is 23.0. The summed E-state index contributed by atoms with van der Waals surface area (Å²) in [6, 6.07) is 8.42. The Morgan fingerprint density at radius 3 is 2.55 bits per heavy atom. The van der Waals surface area contributed by atoms with Gasteiger partial charge in [-0.2, -0.15) is 0 Å². The molecular formula is C24H30F2N6O. The number of hydrogen-bond acceptors (Lipinski definition) is 6. The predicted molar refractivity (Wildman–Crippen MR) is 125 cm³/mol. The number of likely N-dealkylation sites (tertiary alicyclic amines) is 1. The SMILES string of the molecule is CCc1cnc(NCC2C(C)CC(F)(F)CN2C(=O)C(=N)/C(=C\NC)c2ccccc2)nc1. The van der Waals surface area contributed by atoms with Gasteiger partial charge in [0.2, 0.25) is 5.95 Å². The summed E-state index contributed by atoms with van der Waals surface area (Å²) >= 11 is 0. The van der Waals surface area contributed by atoms with E-state index in [0.717, 1.165) is 16.9 Å². The molecule has 2 unspecified atom stereocenters. The van der Waals surface area contributed by atoms with Crippen LogP contribution in [0.1, 0.15) is 31.4 Å². The third-order valence-electron chi connectivity index (χ3n) is 5.78. The van der Waals surface area contributed by atoms with Gasteiger partial charge in [-0.1, -0.05) is 44.2 Å². The lowest BCUT2D eigenvalue weighted by Crippen LogP contribution is -2.58. The minimum atomic E-state index is -3.02. The Morgan fingerprint density at radius 1 is 1.27 bits per heavy atom. The molecule has 0 radical (unpaired) electrons. The summed E-state index contributed by atoms with van der Waals surface area (Å²) in [7, 11) is 1.66. The number of halogens is 2. The monoisotopic (exact) mass is 456 g/mol. The molecule has 1 aromatic heterocycles. The molecule has 3 N–H and O–H groups in total. The van der Waals surface area contributed by atoms with Crippen LogP contribution in [0, 0.1) is 11.3 Å². The number of alkyl halides is 2. The quantitative estimate of drug-likeness (QED) is 0.528. The Hall–Kier alpha value is -3.36. The van der Waals surface area contributed by atoms with Gasteiger partial charge in [-0.3, -0.25) is 10.2 Å². The predicted octanol–water partition coefficient (Wildman–Crippen LogP) is 3.60. The van der Waals surface area contributed by atoms with E-state index in [-0.39, 0.29) is 18.7 Å². The Morgan fingerprint density at radius 2 is 1.94 bits per heavy atom. The van der Waals surface area contributed by atoms with Crippen molar-refractivity contribution in [3.63, 3.8) is 0 Å². The summed E-state index contributed by atoms with van der Waals surface area (Å²) in [6.45, 7) is 3.17. The van der Waals surface area contributed by atoms with Gasteiger partial charge in [0, 0.05) is 44.2 Å². The minimum absolute atomic E-state index is 0.206. The number of nitrogens with one attached hydrogen (secondary N) is 3. The number of aromatic nitrogens is 2. The molecule has 1 aromatic carbocycles. The van der Waals surface area contributed by atoms with E-state index in [0.29, 0.717) is 17.1 Å². The molecular weight excluding hydrogens is 426 g/mol. The highest BCUT2D eigenvalue weighted by molar-refractivity contribution is 6.54. The minimum Gasteiger partial charge on any atom is -0.393 e. The van der Waals surface area contributed by atoms with Crippen molar-refractivity contribution in [2.45, 2.75) is 38.7 Å². The topological polar surface area (TPSA) is 94.0 Å². The summed E-state index contributed by atoms with van der Waals surface area (Å²) in [5.74, 6) is -3.87. The molecule has 0 saturated carbocycles. The van der Waals surface area contributed by atoms with Gasteiger partial charge in [-0.05, 0) is 23.5 Å². The molecule has 3 rings (SSSR count). The van der Waals surface area contributed by atoms with Crippen molar-refractivity contribution >= 4 is 23.1 Å². The molecule has 2 atom stereocenters. The first-order valence-corrected chi connectivity index (χ1v) is 11.0. The van der Waals surface area contributed by atoms with Gasteiger partial charge in [-0.25, -0.2) is 18.7 Å². The average Bonchev–Trinajstić information content (AvgIpc) is 2.81. The van der Waals surface area contributed by atoms with E-state index in [9.17, 15) is 13.6 Å². The molecule has 1 saturated heterocycles. The zero-order valence-electron chi connectivity index (χ0n) is 19.1. The van der Waals surface area contributed by atoms with Crippen molar-refractivity contribution in [1.29, 1.82) is 5.41 Å². The van der Waals surface area contributed by atoms with Crippen LogP contribution in [0.5, 0.6) is 0 Å². The van der Waals surface area contributed by atoms with Crippen LogP contribution >= 0.6 is 0 Å². The molecule has 0 spiro atoms. The molecule has 9 heteroatoms. The van der Waals surface area contributed by atoms with Crippen molar-refractivity contribution in [3.05, 3.63) is 60.1 Å². The number of rotatable bonds is 8. The Labute approximate surface area is 192 Å². The van der Waals surface area contributed by atoms with Gasteiger partial charge >= 0.3 is 0 Å². The number of anilines is 1. The second-order valence-corrected chi connectivity index (χ2v) is 8.27. The van der Waals surface area contributed by atoms with Crippen LogP contribution in [0.2, 0.25) is 0 Å². The average molecular weight is 457 g/mol. The largest absolute Gasteiger partial charge is 0.393 e. The second-order valence-electron chi connectivity index (χ2n) is 8.27. The van der Waals surface area contributed by atoms with Gasteiger partial charge in [0.25, 0.3) is 11.8 Å². The number of nitrogens with zero attached hydrogens (tertiary/aromatic N) is 3. The van der Waals surface area contributed by atoms with E-state index >= 15 is 0 Å². The van der Waals surface area contributed by atoms with Crippen LogP contribution in [0.25, 0.3) is 5.57 Å². The van der Waals surface area contributed by atoms with E-state index in [4.69, 9.17) is 5.41 Å². The van der Waals surface area contributed by atoms with Gasteiger partial charge in [-0.15, -0.1) is 0 Å². The van der Waals surface area contributed by atoms with Crippen LogP contribution in [-0.4, -0.2) is 58.6 Å². The standard InChI is InChI=1S/C24H30F2N6O/c1-4-17-11-29-23(30-12-17)31-14-20-16(2)10-24(25,26)15-32(20)22(33)21(27)19(13-28-3)18-8-6-5-7-9-18/h5-9,11-13,16,20,27-28H,4,10,14-15H2,1-3H3,(H,29,30,31)/b19-13-,27-21?. The third-order valence-corrected chi connectivity index (χ3v) is 5.78. The van der Waals surface area contributed by atoms with E-state index in [1.807, 2.05) is 13.0 Å². The maximum atomic E-state index is 14.5. The van der Waals surface area contributed by atoms with E-state index < -0.39 is 30.3 Å². The normalized spacial score (nSPS) is 20.3. The second kappa shape index (κ2) is 10.5. The summed E-state index contributed by atoms with van der Waals surface area (Å²) in [5, 5.41) is 14.5. The van der Waals surface area contributed by atoms with Crippen LogP contribution in [0.4, 0.5) is 14.7 Å². The van der Waals surface area contributed by atoms with Crippen LogP contribution in [0.3, 0.4) is 0 Å². The van der Waals surface area contributed by atoms with Gasteiger partial charge in [0.1, 0.15) is 5.71 Å². The molecule has 176 valence electrons. The molecule has 1 fully saturated rings. The molecule has 33 heavy (non-hydrogen) atoms. The lowest BCUT2D eigenvalue weighted by Gasteiger charge is -2.43. The maximum Gasteiger partial charge on any atom is 0.272 e. The first kappa shape index (κ1) is 24.3. The maximum absolute atomic E-state index is 14.5. The van der Waals surface area contributed by atoms with Crippen molar-refractivity contribution < 1.29 is 13.6 Å². The van der Waals surface area contributed by atoms with Crippen molar-refractivity contribution in [1.82, 2.24) is 20.2 Å². The molecule has 7 nitrogen and oxygen atoms in total. The Kier molecular flexibility index (Phi) is 7.73. The number of carbonyl (C=O) groups is 1. The number of piperidine rings is 1. The smallest absolute Gasteiger partial charge is 0.272 e. The number of carbonyl (C=O) groups excluding carboxylic acids is 1. The highest BCUT2D eigenvalue weighted by atomic mass is 19.3. The number of hydrogen-bond donors (Lipinski definition) is 3. The zero-order chi connectivity index (χ0) is 24.0. The molecule has 0 aliphatic carbocycles. The third kappa shape index (κ3) is 5.91. The van der Waals surface area contributed by atoms with Crippen LogP contribution in [-0.2, 0) is 11.2 Å². The highest BCUT2D eigenvalue weighted by Crippen LogP contribution is 2.35. The van der Waals surface area contributed by atoms with Crippen molar-refractivity contribution in [3.8, 4) is 0 Å². The molecule has 1 aliphatic heterocycles. The fourth-order valence-corrected chi connectivity index (χ4v) is 4.02.